The lowest BCUT2D eigenvalue weighted by molar-refractivity contribution is 0.104. The van der Waals surface area contributed by atoms with E-state index in [0.29, 0.717) is 41.1 Å². The number of pyridine rings is 2. The highest BCUT2D eigenvalue weighted by atomic mass is 19.1. The van der Waals surface area contributed by atoms with E-state index in [2.05, 4.69) is 34.7 Å². The largest absolute Gasteiger partial charge is 0.364 e. The Morgan fingerprint density at radius 1 is 1.21 bits per heavy atom. The molecule has 3 aromatic rings. The van der Waals surface area contributed by atoms with Crippen molar-refractivity contribution in [2.75, 3.05) is 18.0 Å². The van der Waals surface area contributed by atoms with Crippen LogP contribution in [0.25, 0.3) is 11.0 Å². The van der Waals surface area contributed by atoms with Crippen molar-refractivity contribution in [2.45, 2.75) is 45.3 Å². The van der Waals surface area contributed by atoms with Gasteiger partial charge in [0.2, 0.25) is 0 Å². The van der Waals surface area contributed by atoms with Gasteiger partial charge in [-0.3, -0.25) is 9.69 Å². The summed E-state index contributed by atoms with van der Waals surface area (Å²) in [7, 11) is 1.69. The van der Waals surface area contributed by atoms with Gasteiger partial charge in [-0.25, -0.2) is 13.8 Å². The quantitative estimate of drug-likeness (QED) is 0.597. The van der Waals surface area contributed by atoms with Crippen molar-refractivity contribution in [1.29, 1.82) is 5.26 Å². The van der Waals surface area contributed by atoms with Crippen molar-refractivity contribution in [2.24, 2.45) is 7.05 Å². The van der Waals surface area contributed by atoms with E-state index in [1.165, 1.54) is 16.7 Å². The van der Waals surface area contributed by atoms with Crippen molar-refractivity contribution >= 4 is 16.7 Å². The standard InChI is InChI=1S/C25H27F2N5O/c1-5-19-14-31(15(2)13-32(19)16(3)20-8-6-17(26)10-21(20)27)23-11-24(33)30(4)22-9-7-18(12-28)29-25(22)23/h6-11,15-16,19H,5,13-14H2,1-4H3/t15-,16?,19+/m0/s1. The van der Waals surface area contributed by atoms with E-state index >= 15 is 0 Å². The summed E-state index contributed by atoms with van der Waals surface area (Å²) in [6.45, 7) is 7.32. The number of aryl methyl sites for hydroxylation is 1. The summed E-state index contributed by atoms with van der Waals surface area (Å²) in [4.78, 5) is 21.6. The van der Waals surface area contributed by atoms with Gasteiger partial charge in [0.25, 0.3) is 5.56 Å². The van der Waals surface area contributed by atoms with Crippen LogP contribution in [0.1, 0.15) is 44.5 Å². The Kier molecular flexibility index (Phi) is 6.17. The van der Waals surface area contributed by atoms with Crippen LogP contribution in [0.5, 0.6) is 0 Å². The van der Waals surface area contributed by atoms with Crippen LogP contribution < -0.4 is 10.5 Å². The summed E-state index contributed by atoms with van der Waals surface area (Å²) in [5.74, 6) is -1.13. The Balaban J connectivity index is 1.73. The highest BCUT2D eigenvalue weighted by Crippen LogP contribution is 2.34. The Morgan fingerprint density at radius 3 is 2.64 bits per heavy atom. The van der Waals surface area contributed by atoms with Gasteiger partial charge in [0.05, 0.1) is 11.2 Å². The predicted octanol–water partition coefficient (Wildman–Crippen LogP) is 4.13. The molecule has 0 N–H and O–H groups in total. The second-order valence-corrected chi connectivity index (χ2v) is 8.70. The van der Waals surface area contributed by atoms with E-state index in [9.17, 15) is 18.8 Å². The zero-order chi connectivity index (χ0) is 23.9. The average molecular weight is 452 g/mol. The molecule has 1 aromatic carbocycles. The summed E-state index contributed by atoms with van der Waals surface area (Å²) >= 11 is 0. The molecule has 4 rings (SSSR count). The number of fused-ring (bicyclic) bond motifs is 1. The van der Waals surface area contributed by atoms with Crippen LogP contribution in [0, 0.1) is 23.0 Å². The molecule has 0 radical (unpaired) electrons. The third-order valence-corrected chi connectivity index (χ3v) is 6.76. The van der Waals surface area contributed by atoms with E-state index in [0.717, 1.165) is 12.5 Å². The minimum absolute atomic E-state index is 0.00149. The predicted molar refractivity (Wildman–Crippen MR) is 124 cm³/mol. The lowest BCUT2D eigenvalue weighted by Gasteiger charge is -2.48. The van der Waals surface area contributed by atoms with Gasteiger partial charge in [-0.2, -0.15) is 5.26 Å². The van der Waals surface area contributed by atoms with Gasteiger partial charge < -0.3 is 9.47 Å². The Bertz CT molecular complexity index is 1300. The molecule has 0 saturated carbocycles. The van der Waals surface area contributed by atoms with Crippen molar-refractivity contribution in [3.63, 3.8) is 0 Å². The van der Waals surface area contributed by atoms with Crippen molar-refractivity contribution in [3.8, 4) is 6.07 Å². The zero-order valence-corrected chi connectivity index (χ0v) is 19.2. The molecule has 0 bridgehead atoms. The maximum absolute atomic E-state index is 14.5. The van der Waals surface area contributed by atoms with Gasteiger partial charge in [0, 0.05) is 56.0 Å². The Morgan fingerprint density at radius 2 is 1.97 bits per heavy atom. The molecule has 3 atom stereocenters. The molecule has 1 unspecified atom stereocenters. The van der Waals surface area contributed by atoms with Gasteiger partial charge in [-0.15, -0.1) is 0 Å². The maximum atomic E-state index is 14.5. The number of hydrogen-bond acceptors (Lipinski definition) is 5. The lowest BCUT2D eigenvalue weighted by atomic mass is 9.97. The molecule has 0 spiro atoms. The van der Waals surface area contributed by atoms with Gasteiger partial charge in [0.1, 0.15) is 28.9 Å². The number of halogens is 2. The molecule has 0 aliphatic carbocycles. The first-order valence-corrected chi connectivity index (χ1v) is 11.1. The van der Waals surface area contributed by atoms with Crippen LogP contribution in [-0.2, 0) is 7.05 Å². The van der Waals surface area contributed by atoms with Crippen LogP contribution in [0.15, 0.2) is 41.2 Å². The number of benzene rings is 1. The minimum Gasteiger partial charge on any atom is -0.364 e. The van der Waals surface area contributed by atoms with Crippen molar-refractivity contribution in [1.82, 2.24) is 14.5 Å². The van der Waals surface area contributed by atoms with E-state index in [-0.39, 0.29) is 23.7 Å². The van der Waals surface area contributed by atoms with Gasteiger partial charge in [-0.1, -0.05) is 13.0 Å². The molecular formula is C25H27F2N5O. The van der Waals surface area contributed by atoms with Crippen LogP contribution in [-0.4, -0.2) is 39.6 Å². The molecule has 172 valence electrons. The summed E-state index contributed by atoms with van der Waals surface area (Å²) in [6, 6.07) is 10.6. The number of rotatable bonds is 4. The molecule has 33 heavy (non-hydrogen) atoms. The van der Waals surface area contributed by atoms with Crippen LogP contribution in [0.3, 0.4) is 0 Å². The molecule has 1 fully saturated rings. The first-order valence-electron chi connectivity index (χ1n) is 11.1. The summed E-state index contributed by atoms with van der Waals surface area (Å²) in [5.41, 5.74) is 2.60. The van der Waals surface area contributed by atoms with Gasteiger partial charge in [0.15, 0.2) is 0 Å². The third-order valence-electron chi connectivity index (χ3n) is 6.76. The fraction of sp³-hybridized carbons (Fsp3) is 0.400. The second-order valence-electron chi connectivity index (χ2n) is 8.70. The monoisotopic (exact) mass is 451 g/mol. The number of aromatic nitrogens is 2. The summed E-state index contributed by atoms with van der Waals surface area (Å²) < 4.78 is 29.5. The highest BCUT2D eigenvalue weighted by Gasteiger charge is 2.35. The first-order chi connectivity index (χ1) is 15.7. The number of nitrogens with zero attached hydrogens (tertiary/aromatic N) is 5. The average Bonchev–Trinajstić information content (AvgIpc) is 2.80. The highest BCUT2D eigenvalue weighted by molar-refractivity contribution is 5.89. The number of anilines is 1. The van der Waals surface area contributed by atoms with Crippen LogP contribution >= 0.6 is 0 Å². The summed E-state index contributed by atoms with van der Waals surface area (Å²) in [6.07, 6.45) is 0.815. The van der Waals surface area contributed by atoms with E-state index in [1.54, 1.807) is 25.2 Å². The number of hydrogen-bond donors (Lipinski definition) is 0. The van der Waals surface area contributed by atoms with Gasteiger partial charge >= 0.3 is 0 Å². The molecule has 1 aliphatic rings. The Hall–Kier alpha value is -3.31. The number of nitriles is 1. The number of piperazine rings is 1. The molecule has 1 aliphatic heterocycles. The smallest absolute Gasteiger partial charge is 0.252 e. The molecule has 3 heterocycles. The molecule has 0 amide bonds. The fourth-order valence-electron chi connectivity index (χ4n) is 4.85. The fourth-order valence-corrected chi connectivity index (χ4v) is 4.85. The molecule has 2 aromatic heterocycles. The van der Waals surface area contributed by atoms with Crippen molar-refractivity contribution < 1.29 is 8.78 Å². The van der Waals surface area contributed by atoms with E-state index in [1.807, 2.05) is 6.92 Å². The maximum Gasteiger partial charge on any atom is 0.252 e. The first kappa shape index (κ1) is 22.9. The van der Waals surface area contributed by atoms with Crippen molar-refractivity contribution in [3.05, 3.63) is 69.6 Å². The second kappa shape index (κ2) is 8.91. The summed E-state index contributed by atoms with van der Waals surface area (Å²) in [5, 5.41) is 9.34. The lowest BCUT2D eigenvalue weighted by Crippen LogP contribution is -2.58. The van der Waals surface area contributed by atoms with E-state index in [4.69, 9.17) is 0 Å². The minimum atomic E-state index is -0.588. The SMILES string of the molecule is CC[C@@H]1CN(c2cc(=O)n(C)c3ccc(C#N)nc23)[C@@H](C)CN1C(C)c1ccc(F)cc1F. The molecule has 1 saturated heterocycles. The zero-order valence-electron chi connectivity index (χ0n) is 19.2. The van der Waals surface area contributed by atoms with E-state index < -0.39 is 11.6 Å². The molecular weight excluding hydrogens is 424 g/mol. The third kappa shape index (κ3) is 4.09. The molecule has 6 nitrogen and oxygen atoms in total. The normalized spacial score (nSPS) is 20.1. The van der Waals surface area contributed by atoms with Gasteiger partial charge in [-0.05, 0) is 38.5 Å². The van der Waals surface area contributed by atoms with Crippen LogP contribution in [0.2, 0.25) is 0 Å². The topological polar surface area (TPSA) is 65.2 Å². The van der Waals surface area contributed by atoms with Crippen LogP contribution in [0.4, 0.5) is 14.5 Å². The molecule has 8 heteroatoms. The Labute approximate surface area is 191 Å².